The van der Waals surface area contributed by atoms with Gasteiger partial charge in [0.1, 0.15) is 6.61 Å². The number of aromatic nitrogens is 1. The van der Waals surface area contributed by atoms with Crippen LogP contribution in [0.5, 0.6) is 11.5 Å². The summed E-state index contributed by atoms with van der Waals surface area (Å²) in [6.45, 7) is 5.87. The molecule has 1 fully saturated rings. The summed E-state index contributed by atoms with van der Waals surface area (Å²) in [4.78, 5) is 17.2. The molecule has 2 heterocycles. The number of ether oxygens (including phenoxy) is 2. The molecule has 1 aliphatic heterocycles. The first-order chi connectivity index (χ1) is 15.5. The van der Waals surface area contributed by atoms with Crippen LogP contribution in [0.25, 0.3) is 0 Å². The molecule has 1 aliphatic rings. The van der Waals surface area contributed by atoms with Crippen LogP contribution >= 0.6 is 11.6 Å². The predicted octanol–water partition coefficient (Wildman–Crippen LogP) is 4.18. The first-order valence-electron chi connectivity index (χ1n) is 10.5. The number of carbonyl (C=O) groups excluding carboxylic acids is 1. The Hall–Kier alpha value is -3.03. The minimum absolute atomic E-state index is 0.0114. The van der Waals surface area contributed by atoms with E-state index in [1.807, 2.05) is 42.2 Å². The summed E-state index contributed by atoms with van der Waals surface area (Å²) < 4.78 is 16.7. The molecular formula is C24H26ClN3O4. The van der Waals surface area contributed by atoms with Crippen molar-refractivity contribution in [3.63, 3.8) is 0 Å². The maximum absolute atomic E-state index is 13.0. The number of carbonyl (C=O) groups is 1. The number of hydrogen-bond acceptors (Lipinski definition) is 6. The van der Waals surface area contributed by atoms with Crippen molar-refractivity contribution in [2.24, 2.45) is 0 Å². The number of piperazine rings is 1. The van der Waals surface area contributed by atoms with Crippen molar-refractivity contribution in [2.75, 3.05) is 33.3 Å². The van der Waals surface area contributed by atoms with E-state index in [2.05, 4.69) is 10.1 Å². The zero-order valence-electron chi connectivity index (χ0n) is 18.2. The van der Waals surface area contributed by atoms with Crippen molar-refractivity contribution in [3.8, 4) is 11.5 Å². The fourth-order valence-electron chi connectivity index (χ4n) is 3.66. The van der Waals surface area contributed by atoms with Crippen LogP contribution in [-0.2, 0) is 13.2 Å². The highest BCUT2D eigenvalue weighted by molar-refractivity contribution is 6.30. The zero-order valence-corrected chi connectivity index (χ0v) is 19.0. The van der Waals surface area contributed by atoms with Gasteiger partial charge >= 0.3 is 0 Å². The van der Waals surface area contributed by atoms with Gasteiger partial charge in [0, 0.05) is 42.8 Å². The van der Waals surface area contributed by atoms with E-state index in [0.717, 1.165) is 30.1 Å². The van der Waals surface area contributed by atoms with Gasteiger partial charge in [-0.1, -0.05) is 28.9 Å². The van der Waals surface area contributed by atoms with E-state index in [-0.39, 0.29) is 5.91 Å². The largest absolute Gasteiger partial charge is 0.493 e. The molecule has 1 amide bonds. The van der Waals surface area contributed by atoms with Crippen molar-refractivity contribution in [2.45, 2.75) is 20.1 Å². The maximum Gasteiger partial charge on any atom is 0.254 e. The van der Waals surface area contributed by atoms with Crippen molar-refractivity contribution >= 4 is 17.5 Å². The molecule has 0 atom stereocenters. The Balaban J connectivity index is 1.34. The SMILES string of the molecule is COc1cc(C(=O)N2CCN(Cc3cc(C)no3)CC2)ccc1OCc1ccc(Cl)cc1. The van der Waals surface area contributed by atoms with E-state index in [1.165, 1.54) is 0 Å². The van der Waals surface area contributed by atoms with Crippen LogP contribution in [0.3, 0.4) is 0 Å². The van der Waals surface area contributed by atoms with Gasteiger partial charge in [-0.3, -0.25) is 9.69 Å². The molecule has 168 valence electrons. The summed E-state index contributed by atoms with van der Waals surface area (Å²) in [5.41, 5.74) is 2.46. The van der Waals surface area contributed by atoms with Crippen LogP contribution in [0.4, 0.5) is 0 Å². The quantitative estimate of drug-likeness (QED) is 0.532. The van der Waals surface area contributed by atoms with E-state index in [1.54, 1.807) is 25.3 Å². The van der Waals surface area contributed by atoms with E-state index in [9.17, 15) is 4.79 Å². The molecule has 0 N–H and O–H groups in total. The standard InChI is InChI=1S/C24H26ClN3O4/c1-17-13-21(32-26-17)15-27-9-11-28(12-10-27)24(29)19-5-8-22(23(14-19)30-2)31-16-18-3-6-20(25)7-4-18/h3-8,13-14H,9-12,15-16H2,1-2H3. The molecule has 32 heavy (non-hydrogen) atoms. The molecule has 2 aromatic carbocycles. The number of halogens is 1. The Morgan fingerprint density at radius 3 is 2.47 bits per heavy atom. The summed E-state index contributed by atoms with van der Waals surface area (Å²) in [6.07, 6.45) is 0. The third kappa shape index (κ3) is 5.41. The smallest absolute Gasteiger partial charge is 0.254 e. The first kappa shape index (κ1) is 22.2. The lowest BCUT2D eigenvalue weighted by Gasteiger charge is -2.34. The Kier molecular flexibility index (Phi) is 6.97. The fraction of sp³-hybridized carbons (Fsp3) is 0.333. The lowest BCUT2D eigenvalue weighted by atomic mass is 10.1. The third-order valence-electron chi connectivity index (χ3n) is 5.43. The van der Waals surface area contributed by atoms with Crippen LogP contribution in [0.1, 0.15) is 27.4 Å². The molecule has 8 heteroatoms. The molecule has 0 spiro atoms. The van der Waals surface area contributed by atoms with Crippen LogP contribution in [0.15, 0.2) is 53.1 Å². The maximum atomic E-state index is 13.0. The zero-order chi connectivity index (χ0) is 22.5. The minimum atomic E-state index is -0.0114. The topological polar surface area (TPSA) is 68.0 Å². The normalized spacial score (nSPS) is 14.4. The van der Waals surface area contributed by atoms with Gasteiger partial charge in [-0.2, -0.15) is 0 Å². The molecular weight excluding hydrogens is 430 g/mol. The number of rotatable bonds is 7. The molecule has 0 radical (unpaired) electrons. The summed E-state index contributed by atoms with van der Waals surface area (Å²) >= 11 is 5.93. The van der Waals surface area contributed by atoms with E-state index < -0.39 is 0 Å². The van der Waals surface area contributed by atoms with Crippen LogP contribution in [-0.4, -0.2) is 54.2 Å². The van der Waals surface area contributed by atoms with Gasteiger partial charge in [0.2, 0.25) is 0 Å². The van der Waals surface area contributed by atoms with E-state index in [0.29, 0.717) is 48.3 Å². The van der Waals surface area contributed by atoms with Crippen LogP contribution < -0.4 is 9.47 Å². The second kappa shape index (κ2) is 10.1. The highest BCUT2D eigenvalue weighted by atomic mass is 35.5. The summed E-state index contributed by atoms with van der Waals surface area (Å²) in [5, 5.41) is 4.61. The van der Waals surface area contributed by atoms with Gasteiger partial charge < -0.3 is 18.9 Å². The average molecular weight is 456 g/mol. The number of amides is 1. The molecule has 3 aromatic rings. The number of hydrogen-bond donors (Lipinski definition) is 0. The Morgan fingerprint density at radius 2 is 1.81 bits per heavy atom. The summed E-state index contributed by atoms with van der Waals surface area (Å²) in [5.74, 6) is 1.96. The van der Waals surface area contributed by atoms with Crippen molar-refractivity contribution in [1.82, 2.24) is 15.0 Å². The first-order valence-corrected chi connectivity index (χ1v) is 10.9. The summed E-state index contributed by atoms with van der Waals surface area (Å²) in [6, 6.07) is 14.7. The van der Waals surface area contributed by atoms with Gasteiger partial charge in [-0.15, -0.1) is 0 Å². The van der Waals surface area contributed by atoms with E-state index >= 15 is 0 Å². The van der Waals surface area contributed by atoms with Crippen LogP contribution in [0, 0.1) is 6.92 Å². The molecule has 0 bridgehead atoms. The molecule has 1 saturated heterocycles. The van der Waals surface area contributed by atoms with Gasteiger partial charge in [0.25, 0.3) is 5.91 Å². The Bertz CT molecular complexity index is 1060. The molecule has 7 nitrogen and oxygen atoms in total. The number of aryl methyl sites for hydroxylation is 1. The molecule has 4 rings (SSSR count). The number of nitrogens with zero attached hydrogens (tertiary/aromatic N) is 3. The molecule has 1 aromatic heterocycles. The van der Waals surface area contributed by atoms with Gasteiger partial charge in [-0.25, -0.2) is 0 Å². The average Bonchev–Trinajstić information content (AvgIpc) is 3.23. The van der Waals surface area contributed by atoms with Gasteiger partial charge in [-0.05, 0) is 42.8 Å². The molecule has 0 saturated carbocycles. The lowest BCUT2D eigenvalue weighted by Crippen LogP contribution is -2.48. The van der Waals surface area contributed by atoms with Crippen LogP contribution in [0.2, 0.25) is 5.02 Å². The number of benzene rings is 2. The highest BCUT2D eigenvalue weighted by Gasteiger charge is 2.24. The fourth-order valence-corrected chi connectivity index (χ4v) is 3.79. The molecule has 0 unspecified atom stereocenters. The third-order valence-corrected chi connectivity index (χ3v) is 5.69. The Labute approximate surface area is 192 Å². The second-order valence-corrected chi connectivity index (χ2v) is 8.22. The highest BCUT2D eigenvalue weighted by Crippen LogP contribution is 2.29. The lowest BCUT2D eigenvalue weighted by molar-refractivity contribution is 0.0617. The second-order valence-electron chi connectivity index (χ2n) is 7.78. The predicted molar refractivity (Wildman–Crippen MR) is 121 cm³/mol. The minimum Gasteiger partial charge on any atom is -0.493 e. The van der Waals surface area contributed by atoms with Gasteiger partial charge in [0.05, 0.1) is 19.3 Å². The van der Waals surface area contributed by atoms with Crippen molar-refractivity contribution in [1.29, 1.82) is 0 Å². The van der Waals surface area contributed by atoms with Crippen molar-refractivity contribution in [3.05, 3.63) is 76.1 Å². The molecule has 0 aliphatic carbocycles. The van der Waals surface area contributed by atoms with E-state index in [4.69, 9.17) is 25.6 Å². The van der Waals surface area contributed by atoms with Gasteiger partial charge in [0.15, 0.2) is 17.3 Å². The Morgan fingerprint density at radius 1 is 1.06 bits per heavy atom. The number of methoxy groups -OCH3 is 1. The monoisotopic (exact) mass is 455 g/mol. The van der Waals surface area contributed by atoms with Crippen molar-refractivity contribution < 1.29 is 18.8 Å². The summed E-state index contributed by atoms with van der Waals surface area (Å²) in [7, 11) is 1.57.